The number of carbonyl (C=O) groups excluding carboxylic acids is 1. The van der Waals surface area contributed by atoms with E-state index in [1.807, 2.05) is 0 Å². The normalized spacial score (nSPS) is 11.4. The number of amides is 1. The van der Waals surface area contributed by atoms with Gasteiger partial charge in [-0.1, -0.05) is 11.6 Å². The fraction of sp³-hybridized carbons (Fsp3) is 0.154. The average molecular weight is 366 g/mol. The summed E-state index contributed by atoms with van der Waals surface area (Å²) in [5, 5.41) is 1.90. The third-order valence-electron chi connectivity index (χ3n) is 3.10. The van der Waals surface area contributed by atoms with Crippen LogP contribution in [0.2, 0.25) is 5.02 Å². The van der Waals surface area contributed by atoms with Gasteiger partial charge < -0.3 is 5.32 Å². The summed E-state index contributed by atoms with van der Waals surface area (Å²) in [7, 11) is 0.791. The second kappa shape index (κ2) is 6.11. The highest BCUT2D eigenvalue weighted by Gasteiger charge is 2.35. The highest BCUT2D eigenvalue weighted by Crippen LogP contribution is 2.28. The molecule has 0 spiro atoms. The lowest BCUT2D eigenvalue weighted by molar-refractivity contribution is -0.144. The van der Waals surface area contributed by atoms with Crippen LogP contribution in [0, 0.1) is 5.82 Å². The quantitative estimate of drug-likeness (QED) is 0.667. The van der Waals surface area contributed by atoms with E-state index in [4.69, 9.17) is 11.6 Å². The molecule has 1 amide bonds. The van der Waals surface area contributed by atoms with E-state index in [-0.39, 0.29) is 32.3 Å². The van der Waals surface area contributed by atoms with Crippen molar-refractivity contribution in [3.8, 4) is 5.69 Å². The summed E-state index contributed by atoms with van der Waals surface area (Å²) in [6.45, 7) is 0. The summed E-state index contributed by atoms with van der Waals surface area (Å²) in [4.78, 5) is 34.5. The highest BCUT2D eigenvalue weighted by molar-refractivity contribution is 6.33. The van der Waals surface area contributed by atoms with Crippen molar-refractivity contribution in [3.63, 3.8) is 0 Å². The molecule has 1 aromatic heterocycles. The largest absolute Gasteiger partial charge is 0.431 e. The minimum absolute atomic E-state index is 0.128. The van der Waals surface area contributed by atoms with Crippen molar-refractivity contribution in [1.29, 1.82) is 0 Å². The van der Waals surface area contributed by atoms with Crippen molar-refractivity contribution in [2.24, 2.45) is 7.05 Å². The van der Waals surface area contributed by atoms with Gasteiger partial charge in [-0.15, -0.1) is 0 Å². The standard InChI is InChI=1S/C13H8ClF4N3O3/c1-20-10(13(16,17)18)4-11(23)21(12(20)24)9-3-8(19-5-22)6(14)2-7(9)15/h2-5H,1H3,(H,19,22). The number of rotatable bonds is 3. The Bertz CT molecular complexity index is 934. The minimum Gasteiger partial charge on any atom is -0.327 e. The summed E-state index contributed by atoms with van der Waals surface area (Å²) in [5.41, 5.74) is -5.05. The van der Waals surface area contributed by atoms with Crippen LogP contribution in [-0.2, 0) is 18.0 Å². The molecule has 1 N–H and O–H groups in total. The zero-order chi connectivity index (χ0) is 18.2. The summed E-state index contributed by atoms with van der Waals surface area (Å²) in [6, 6.07) is 1.75. The topological polar surface area (TPSA) is 73.1 Å². The van der Waals surface area contributed by atoms with E-state index in [0.29, 0.717) is 6.07 Å². The van der Waals surface area contributed by atoms with E-state index in [1.54, 1.807) is 0 Å². The van der Waals surface area contributed by atoms with Crippen LogP contribution in [0.4, 0.5) is 23.2 Å². The van der Waals surface area contributed by atoms with Crippen LogP contribution in [0.5, 0.6) is 0 Å². The molecule has 2 aromatic rings. The van der Waals surface area contributed by atoms with Gasteiger partial charge in [-0.2, -0.15) is 13.2 Å². The molecule has 1 aromatic carbocycles. The number of benzene rings is 1. The number of hydrogen-bond donors (Lipinski definition) is 1. The SMILES string of the molecule is Cn1c(C(F)(F)F)cc(=O)n(-c2cc(NC=O)c(Cl)cc2F)c1=O. The van der Waals surface area contributed by atoms with Crippen LogP contribution in [0.25, 0.3) is 5.69 Å². The van der Waals surface area contributed by atoms with Gasteiger partial charge in [0.2, 0.25) is 6.41 Å². The van der Waals surface area contributed by atoms with Crippen molar-refractivity contribution in [2.45, 2.75) is 6.18 Å². The maximum atomic E-state index is 14.1. The molecule has 6 nitrogen and oxygen atoms in total. The first-order valence-corrected chi connectivity index (χ1v) is 6.55. The highest BCUT2D eigenvalue weighted by atomic mass is 35.5. The van der Waals surface area contributed by atoms with Crippen molar-refractivity contribution in [1.82, 2.24) is 9.13 Å². The van der Waals surface area contributed by atoms with Crippen LogP contribution in [-0.4, -0.2) is 15.5 Å². The molecule has 1 heterocycles. The number of carbonyl (C=O) groups is 1. The zero-order valence-electron chi connectivity index (χ0n) is 11.8. The Labute approximate surface area is 135 Å². The minimum atomic E-state index is -4.94. The van der Waals surface area contributed by atoms with Crippen molar-refractivity contribution in [2.75, 3.05) is 5.32 Å². The smallest absolute Gasteiger partial charge is 0.327 e. The molecule has 0 saturated carbocycles. The van der Waals surface area contributed by atoms with Crippen LogP contribution in [0.3, 0.4) is 0 Å². The molecule has 0 saturated heterocycles. The van der Waals surface area contributed by atoms with Crippen LogP contribution in [0.15, 0.2) is 27.8 Å². The zero-order valence-corrected chi connectivity index (χ0v) is 12.6. The lowest BCUT2D eigenvalue weighted by Gasteiger charge is -2.15. The van der Waals surface area contributed by atoms with E-state index in [9.17, 15) is 31.9 Å². The Morgan fingerprint density at radius 1 is 1.21 bits per heavy atom. The molecule has 0 aliphatic heterocycles. The average Bonchev–Trinajstić information content (AvgIpc) is 2.46. The monoisotopic (exact) mass is 365 g/mol. The molecule has 0 bridgehead atoms. The molecule has 0 aliphatic rings. The molecule has 0 fully saturated rings. The number of aromatic nitrogens is 2. The van der Waals surface area contributed by atoms with Gasteiger partial charge in [0.25, 0.3) is 5.56 Å². The van der Waals surface area contributed by atoms with E-state index in [1.165, 1.54) is 0 Å². The van der Waals surface area contributed by atoms with E-state index < -0.39 is 34.6 Å². The van der Waals surface area contributed by atoms with Gasteiger partial charge in [0.1, 0.15) is 11.5 Å². The Morgan fingerprint density at radius 2 is 1.83 bits per heavy atom. The van der Waals surface area contributed by atoms with Crippen molar-refractivity contribution < 1.29 is 22.4 Å². The molecule has 128 valence electrons. The lowest BCUT2D eigenvalue weighted by Crippen LogP contribution is -2.41. The number of nitrogens with one attached hydrogen (secondary N) is 1. The third kappa shape index (κ3) is 3.04. The van der Waals surface area contributed by atoms with E-state index in [0.717, 1.165) is 13.1 Å². The maximum absolute atomic E-state index is 14.1. The van der Waals surface area contributed by atoms with Crippen LogP contribution in [0.1, 0.15) is 5.69 Å². The molecule has 24 heavy (non-hydrogen) atoms. The summed E-state index contributed by atoms with van der Waals surface area (Å²) >= 11 is 5.68. The predicted molar refractivity (Wildman–Crippen MR) is 76.9 cm³/mol. The first kappa shape index (κ1) is 17.7. The van der Waals surface area contributed by atoms with Gasteiger partial charge in [-0.05, 0) is 12.1 Å². The van der Waals surface area contributed by atoms with Gasteiger partial charge in [0, 0.05) is 13.1 Å². The number of alkyl halides is 3. The third-order valence-corrected chi connectivity index (χ3v) is 3.42. The predicted octanol–water partition coefficient (Wildman–Crippen LogP) is 1.92. The fourth-order valence-corrected chi connectivity index (χ4v) is 2.21. The molecule has 11 heteroatoms. The Kier molecular flexibility index (Phi) is 4.52. The fourth-order valence-electron chi connectivity index (χ4n) is 2.00. The van der Waals surface area contributed by atoms with Gasteiger partial charge in [0.15, 0.2) is 0 Å². The lowest BCUT2D eigenvalue weighted by atomic mass is 10.2. The van der Waals surface area contributed by atoms with Crippen molar-refractivity contribution in [3.05, 3.63) is 55.6 Å². The molecule has 0 atom stereocenters. The molecule has 0 aliphatic carbocycles. The molecular formula is C13H8ClF4N3O3. The molecule has 2 rings (SSSR count). The second-order valence-electron chi connectivity index (χ2n) is 4.59. The molecule has 0 radical (unpaired) electrons. The van der Waals surface area contributed by atoms with Gasteiger partial charge in [-0.3, -0.25) is 14.2 Å². The summed E-state index contributed by atoms with van der Waals surface area (Å²) < 4.78 is 52.8. The molecule has 0 unspecified atom stereocenters. The number of nitrogens with zero attached hydrogens (tertiary/aromatic N) is 2. The number of anilines is 1. The Hall–Kier alpha value is -2.62. The van der Waals surface area contributed by atoms with Gasteiger partial charge in [0.05, 0.1) is 16.4 Å². The van der Waals surface area contributed by atoms with Gasteiger partial charge >= 0.3 is 11.9 Å². The van der Waals surface area contributed by atoms with Crippen LogP contribution >= 0.6 is 11.6 Å². The van der Waals surface area contributed by atoms with Gasteiger partial charge in [-0.25, -0.2) is 13.8 Å². The first-order chi connectivity index (χ1) is 11.1. The number of halogens is 5. The summed E-state index contributed by atoms with van der Waals surface area (Å²) in [6.07, 6.45) is -4.72. The Balaban J connectivity index is 2.82. The van der Waals surface area contributed by atoms with E-state index >= 15 is 0 Å². The first-order valence-electron chi connectivity index (χ1n) is 6.17. The molecular weight excluding hydrogens is 358 g/mol. The second-order valence-corrected chi connectivity index (χ2v) is 5.00. The number of hydrogen-bond acceptors (Lipinski definition) is 3. The Morgan fingerprint density at radius 3 is 2.38 bits per heavy atom. The van der Waals surface area contributed by atoms with E-state index in [2.05, 4.69) is 5.32 Å². The van der Waals surface area contributed by atoms with Crippen molar-refractivity contribution >= 4 is 23.7 Å². The maximum Gasteiger partial charge on any atom is 0.431 e. The summed E-state index contributed by atoms with van der Waals surface area (Å²) in [5.74, 6) is -1.13. The van der Waals surface area contributed by atoms with Crippen LogP contribution < -0.4 is 16.6 Å².